The number of aromatic nitrogens is 2. The molecule has 148 valence electrons. The second-order valence-corrected chi connectivity index (χ2v) is 7.43. The lowest BCUT2D eigenvalue weighted by Gasteiger charge is -2.45. The number of carbonyl (C=O) groups excluding carboxylic acids is 2. The summed E-state index contributed by atoms with van der Waals surface area (Å²) >= 11 is 0. The van der Waals surface area contributed by atoms with Crippen LogP contribution in [0.4, 0.5) is 29.6 Å². The monoisotopic (exact) mass is 387 g/mol. The van der Waals surface area contributed by atoms with Gasteiger partial charge in [-0.3, -0.25) is 9.69 Å². The largest absolute Gasteiger partial charge is 0.444 e. The van der Waals surface area contributed by atoms with Crippen LogP contribution in [-0.4, -0.2) is 65.2 Å². The molecule has 2 aliphatic heterocycles. The Bertz CT molecular complexity index is 778. The number of alkyl halides is 3. The zero-order valence-electron chi connectivity index (χ0n) is 15.4. The average Bonchev–Trinajstić information content (AvgIpc) is 2.56. The second-order valence-electron chi connectivity index (χ2n) is 7.43. The fourth-order valence-corrected chi connectivity index (χ4v) is 3.01. The molecule has 3 heterocycles. The summed E-state index contributed by atoms with van der Waals surface area (Å²) in [7, 11) is 1.35. The SMILES string of the molecule is CN1C(=O)C2CN(C(=O)OC(C)(C)C)CCN2c2ncc(C(F)(F)F)nc21. The van der Waals surface area contributed by atoms with E-state index in [4.69, 9.17) is 4.74 Å². The molecule has 3 rings (SSSR count). The predicted molar refractivity (Wildman–Crippen MR) is 89.4 cm³/mol. The van der Waals surface area contributed by atoms with E-state index in [2.05, 4.69) is 9.97 Å². The van der Waals surface area contributed by atoms with Crippen LogP contribution in [-0.2, 0) is 15.7 Å². The first-order valence-corrected chi connectivity index (χ1v) is 8.35. The van der Waals surface area contributed by atoms with Gasteiger partial charge in [-0.15, -0.1) is 0 Å². The summed E-state index contributed by atoms with van der Waals surface area (Å²) in [6.07, 6.45) is -4.54. The van der Waals surface area contributed by atoms with E-state index in [9.17, 15) is 22.8 Å². The Morgan fingerprint density at radius 3 is 2.48 bits per heavy atom. The van der Waals surface area contributed by atoms with Crippen molar-refractivity contribution in [3.05, 3.63) is 11.9 Å². The van der Waals surface area contributed by atoms with Crippen LogP contribution in [0.25, 0.3) is 0 Å². The Balaban J connectivity index is 1.87. The van der Waals surface area contributed by atoms with Gasteiger partial charge in [0.05, 0.1) is 12.7 Å². The number of piperazine rings is 1. The molecule has 0 radical (unpaired) electrons. The summed E-state index contributed by atoms with van der Waals surface area (Å²) in [6.45, 7) is 5.77. The van der Waals surface area contributed by atoms with Crippen molar-refractivity contribution in [2.24, 2.45) is 0 Å². The smallest absolute Gasteiger partial charge is 0.434 e. The van der Waals surface area contributed by atoms with Crippen LogP contribution in [0.15, 0.2) is 6.20 Å². The van der Waals surface area contributed by atoms with Gasteiger partial charge in [-0.25, -0.2) is 14.8 Å². The van der Waals surface area contributed by atoms with E-state index in [1.807, 2.05) is 0 Å². The molecule has 1 saturated heterocycles. The van der Waals surface area contributed by atoms with Gasteiger partial charge in [0.1, 0.15) is 11.6 Å². The van der Waals surface area contributed by atoms with Gasteiger partial charge in [0.15, 0.2) is 17.3 Å². The van der Waals surface area contributed by atoms with E-state index in [1.54, 1.807) is 25.7 Å². The summed E-state index contributed by atoms with van der Waals surface area (Å²) in [5.74, 6) is -0.403. The van der Waals surface area contributed by atoms with E-state index in [0.29, 0.717) is 6.20 Å². The molecule has 1 atom stereocenters. The number of likely N-dealkylation sites (N-methyl/N-ethyl adjacent to an activating group) is 1. The molecule has 2 amide bonds. The first-order valence-electron chi connectivity index (χ1n) is 8.35. The number of ether oxygens (including phenoxy) is 1. The van der Waals surface area contributed by atoms with Gasteiger partial charge in [-0.2, -0.15) is 13.2 Å². The number of nitrogens with zero attached hydrogens (tertiary/aromatic N) is 5. The van der Waals surface area contributed by atoms with Crippen LogP contribution in [0.5, 0.6) is 0 Å². The maximum Gasteiger partial charge on any atom is 0.434 e. The minimum atomic E-state index is -4.65. The summed E-state index contributed by atoms with van der Waals surface area (Å²) in [5.41, 5.74) is -1.83. The van der Waals surface area contributed by atoms with Crippen LogP contribution in [0.3, 0.4) is 0 Å². The second kappa shape index (κ2) is 6.24. The Kier molecular flexibility index (Phi) is 4.43. The van der Waals surface area contributed by atoms with Crippen molar-refractivity contribution in [2.45, 2.75) is 38.6 Å². The summed E-state index contributed by atoms with van der Waals surface area (Å²) in [5, 5.41) is 0. The Labute approximate surface area is 153 Å². The summed E-state index contributed by atoms with van der Waals surface area (Å²) in [6, 6.07) is -0.755. The van der Waals surface area contributed by atoms with E-state index in [0.717, 1.165) is 4.90 Å². The molecule has 2 aliphatic rings. The number of hydrogen-bond acceptors (Lipinski definition) is 6. The molecule has 27 heavy (non-hydrogen) atoms. The fourth-order valence-electron chi connectivity index (χ4n) is 3.01. The fraction of sp³-hybridized carbons (Fsp3) is 0.625. The van der Waals surface area contributed by atoms with E-state index in [-0.39, 0.29) is 31.3 Å². The van der Waals surface area contributed by atoms with E-state index >= 15 is 0 Å². The quantitative estimate of drug-likeness (QED) is 0.677. The zero-order chi connectivity index (χ0) is 20.1. The van der Waals surface area contributed by atoms with Gasteiger partial charge < -0.3 is 14.5 Å². The zero-order valence-corrected chi connectivity index (χ0v) is 15.4. The Morgan fingerprint density at radius 2 is 1.89 bits per heavy atom. The van der Waals surface area contributed by atoms with Crippen molar-refractivity contribution >= 4 is 23.6 Å². The molecule has 1 unspecified atom stereocenters. The normalized spacial score (nSPS) is 20.3. The molecule has 0 spiro atoms. The standard InChI is InChI=1S/C16H20F3N5O3/c1-15(2,3)27-14(26)23-5-6-24-9(8-23)13(25)22(4)12-11(24)20-7-10(21-12)16(17,18)19/h7,9H,5-6,8H2,1-4H3. The van der Waals surface area contributed by atoms with Crippen LogP contribution >= 0.6 is 0 Å². The minimum absolute atomic E-state index is 0.0558. The Morgan fingerprint density at radius 1 is 1.22 bits per heavy atom. The first kappa shape index (κ1) is 19.2. The molecule has 1 fully saturated rings. The molecule has 0 aliphatic carbocycles. The van der Waals surface area contributed by atoms with Gasteiger partial charge >= 0.3 is 12.3 Å². The average molecular weight is 387 g/mol. The minimum Gasteiger partial charge on any atom is -0.444 e. The van der Waals surface area contributed by atoms with E-state index < -0.39 is 35.5 Å². The number of carbonyl (C=O) groups is 2. The maximum atomic E-state index is 12.9. The molecule has 1 aromatic heterocycles. The highest BCUT2D eigenvalue weighted by Gasteiger charge is 2.45. The number of anilines is 2. The molecule has 11 heteroatoms. The molecule has 8 nitrogen and oxygen atoms in total. The third-order valence-corrected chi connectivity index (χ3v) is 4.26. The highest BCUT2D eigenvalue weighted by atomic mass is 19.4. The van der Waals surface area contributed by atoms with Crippen LogP contribution < -0.4 is 9.80 Å². The van der Waals surface area contributed by atoms with Crippen LogP contribution in [0.1, 0.15) is 26.5 Å². The molecule has 0 bridgehead atoms. The lowest BCUT2D eigenvalue weighted by molar-refractivity contribution is -0.141. The summed E-state index contributed by atoms with van der Waals surface area (Å²) < 4.78 is 44.1. The van der Waals surface area contributed by atoms with Gasteiger partial charge in [-0.1, -0.05) is 0 Å². The topological polar surface area (TPSA) is 78.9 Å². The molecule has 0 aromatic carbocycles. The maximum absolute atomic E-state index is 12.9. The van der Waals surface area contributed by atoms with Gasteiger partial charge in [0.2, 0.25) is 0 Å². The number of rotatable bonds is 0. The highest BCUT2D eigenvalue weighted by Crippen LogP contribution is 2.36. The van der Waals surface area contributed by atoms with Crippen molar-refractivity contribution < 1.29 is 27.5 Å². The highest BCUT2D eigenvalue weighted by molar-refractivity contribution is 6.03. The van der Waals surface area contributed by atoms with Gasteiger partial charge in [0, 0.05) is 20.1 Å². The van der Waals surface area contributed by atoms with Crippen molar-refractivity contribution in [1.29, 1.82) is 0 Å². The van der Waals surface area contributed by atoms with Crippen molar-refractivity contribution in [2.75, 3.05) is 36.5 Å². The number of fused-ring (bicyclic) bond motifs is 3. The number of hydrogen-bond donors (Lipinski definition) is 0. The molecule has 0 saturated carbocycles. The van der Waals surface area contributed by atoms with Gasteiger partial charge in [-0.05, 0) is 20.8 Å². The Hall–Kier alpha value is -2.59. The molecular formula is C16H20F3N5O3. The van der Waals surface area contributed by atoms with Gasteiger partial charge in [0.25, 0.3) is 5.91 Å². The lowest BCUT2D eigenvalue weighted by Crippen LogP contribution is -2.63. The van der Waals surface area contributed by atoms with Crippen molar-refractivity contribution in [3.63, 3.8) is 0 Å². The first-order chi connectivity index (χ1) is 12.4. The lowest BCUT2D eigenvalue weighted by atomic mass is 10.1. The van der Waals surface area contributed by atoms with Crippen molar-refractivity contribution in [3.8, 4) is 0 Å². The third kappa shape index (κ3) is 3.62. The molecule has 0 N–H and O–H groups in total. The summed E-state index contributed by atoms with van der Waals surface area (Å²) in [4.78, 5) is 36.5. The molecular weight excluding hydrogens is 367 g/mol. The van der Waals surface area contributed by atoms with Crippen LogP contribution in [0.2, 0.25) is 0 Å². The number of halogens is 3. The number of amides is 2. The predicted octanol–water partition coefficient (Wildman–Crippen LogP) is 1.90. The van der Waals surface area contributed by atoms with Crippen molar-refractivity contribution in [1.82, 2.24) is 14.9 Å². The van der Waals surface area contributed by atoms with E-state index in [1.165, 1.54) is 11.9 Å². The van der Waals surface area contributed by atoms with Crippen LogP contribution in [0, 0.1) is 0 Å². The molecule has 1 aromatic rings. The third-order valence-electron chi connectivity index (χ3n) is 4.26.